The predicted molar refractivity (Wildman–Crippen MR) is 82.1 cm³/mol. The molecule has 8 heteroatoms. The molecule has 0 saturated carbocycles. The normalized spacial score (nSPS) is 12.9. The molecule has 1 aromatic rings. The molecular weight excluding hydrogens is 369 g/mol. The van der Waals surface area contributed by atoms with Crippen molar-refractivity contribution in [3.8, 4) is 0 Å². The molecule has 21 heavy (non-hydrogen) atoms. The number of nitrogens with zero attached hydrogens (tertiary/aromatic N) is 1. The van der Waals surface area contributed by atoms with Crippen molar-refractivity contribution in [3.05, 3.63) is 33.8 Å². The summed E-state index contributed by atoms with van der Waals surface area (Å²) >= 11 is 7.77. The summed E-state index contributed by atoms with van der Waals surface area (Å²) in [7, 11) is 1.42. The summed E-state index contributed by atoms with van der Waals surface area (Å²) in [4.78, 5) is 13.6. The van der Waals surface area contributed by atoms with Crippen molar-refractivity contribution >= 4 is 39.0 Å². The van der Waals surface area contributed by atoms with Crippen molar-refractivity contribution in [3.63, 3.8) is 0 Å². The van der Waals surface area contributed by atoms with E-state index in [1.807, 2.05) is 0 Å². The van der Waals surface area contributed by atoms with E-state index < -0.39 is 23.2 Å². The van der Waals surface area contributed by atoms with E-state index in [0.717, 1.165) is 12.1 Å². The number of rotatable bonds is 4. The molecule has 1 atom stereocenters. The van der Waals surface area contributed by atoms with Crippen LogP contribution in [0.3, 0.4) is 0 Å². The fraction of sp³-hybridized carbons (Fsp3) is 0.385. The fourth-order valence-electron chi connectivity index (χ4n) is 1.73. The zero-order valence-electron chi connectivity index (χ0n) is 11.4. The summed E-state index contributed by atoms with van der Waals surface area (Å²) in [5.41, 5.74) is 4.07. The van der Waals surface area contributed by atoms with Gasteiger partial charge >= 0.3 is 6.18 Å². The molecule has 0 aliphatic heterocycles. The number of hydrogen-bond donors (Lipinski definition) is 1. The lowest BCUT2D eigenvalue weighted by Gasteiger charge is -2.22. The van der Waals surface area contributed by atoms with Gasteiger partial charge in [-0.05, 0) is 18.2 Å². The molecule has 1 aromatic carbocycles. The van der Waals surface area contributed by atoms with E-state index in [0.29, 0.717) is 0 Å². The molecule has 1 amide bonds. The van der Waals surface area contributed by atoms with Crippen molar-refractivity contribution in [1.29, 1.82) is 0 Å². The van der Waals surface area contributed by atoms with Gasteiger partial charge in [-0.25, -0.2) is 0 Å². The third-order valence-corrected chi connectivity index (χ3v) is 3.79. The number of thiocarbonyl (C=S) groups is 1. The molecule has 0 aliphatic carbocycles. The fourth-order valence-corrected chi connectivity index (χ4v) is 2.16. The molecule has 3 nitrogen and oxygen atoms in total. The Morgan fingerprint density at radius 2 is 2.05 bits per heavy atom. The molecule has 2 N–H and O–H groups in total. The molecule has 0 radical (unpaired) electrons. The summed E-state index contributed by atoms with van der Waals surface area (Å²) < 4.78 is 39.3. The Hall–Kier alpha value is -1.15. The van der Waals surface area contributed by atoms with Gasteiger partial charge in [0, 0.05) is 24.0 Å². The lowest BCUT2D eigenvalue weighted by Crippen LogP contribution is -2.36. The number of alkyl halides is 3. The molecule has 0 saturated heterocycles. The topological polar surface area (TPSA) is 46.3 Å². The van der Waals surface area contributed by atoms with Gasteiger partial charge < -0.3 is 10.6 Å². The van der Waals surface area contributed by atoms with Crippen LogP contribution in [0.5, 0.6) is 0 Å². The number of amides is 1. The number of nitrogens with two attached hydrogens (primary N) is 1. The molecule has 116 valence electrons. The summed E-state index contributed by atoms with van der Waals surface area (Å²) in [6, 6.07) is 3.43. The van der Waals surface area contributed by atoms with Gasteiger partial charge in [-0.3, -0.25) is 4.79 Å². The maximum atomic E-state index is 13.0. The van der Waals surface area contributed by atoms with Crippen LogP contribution in [0, 0.1) is 5.92 Å². The highest BCUT2D eigenvalue weighted by Crippen LogP contribution is 2.34. The molecule has 0 bridgehead atoms. The van der Waals surface area contributed by atoms with Crippen molar-refractivity contribution in [2.75, 3.05) is 13.6 Å². The Kier molecular flexibility index (Phi) is 5.75. The maximum absolute atomic E-state index is 13.0. The van der Waals surface area contributed by atoms with Gasteiger partial charge in [0.15, 0.2) is 0 Å². The van der Waals surface area contributed by atoms with Crippen molar-refractivity contribution < 1.29 is 18.0 Å². The largest absolute Gasteiger partial charge is 0.417 e. The molecule has 0 heterocycles. The summed E-state index contributed by atoms with van der Waals surface area (Å²) in [5, 5.41) is 0. The standard InChI is InChI=1S/C13H14BrF3N2OS/c1-7(11(18)21)6-19(2)12(20)9-4-3-8(14)5-10(9)13(15,16)17/h3-5,7H,6H2,1-2H3,(H2,18,21). The summed E-state index contributed by atoms with van der Waals surface area (Å²) in [6.45, 7) is 1.86. The number of hydrogen-bond acceptors (Lipinski definition) is 2. The van der Waals surface area contributed by atoms with Crippen LogP contribution in [0.25, 0.3) is 0 Å². The van der Waals surface area contributed by atoms with Gasteiger partial charge in [-0.2, -0.15) is 13.2 Å². The first-order valence-corrected chi connectivity index (χ1v) is 7.15. The zero-order valence-corrected chi connectivity index (χ0v) is 13.8. The molecule has 1 unspecified atom stereocenters. The molecule has 0 fully saturated rings. The van der Waals surface area contributed by atoms with Crippen LogP contribution in [-0.2, 0) is 6.18 Å². The summed E-state index contributed by atoms with van der Waals surface area (Å²) in [5.74, 6) is -1.00. The Balaban J connectivity index is 3.10. The van der Waals surface area contributed by atoms with E-state index in [1.165, 1.54) is 18.0 Å². The molecule has 0 spiro atoms. The minimum atomic E-state index is -4.61. The van der Waals surface area contributed by atoms with Crippen LogP contribution in [0.1, 0.15) is 22.8 Å². The van der Waals surface area contributed by atoms with Crippen LogP contribution >= 0.6 is 28.1 Å². The minimum absolute atomic E-state index is 0.154. The Bertz CT molecular complexity index is 563. The number of carbonyl (C=O) groups excluding carboxylic acids is 1. The number of halogens is 4. The molecular formula is C13H14BrF3N2OS. The highest BCUT2D eigenvalue weighted by molar-refractivity contribution is 9.10. The quantitative estimate of drug-likeness (QED) is 0.811. The van der Waals surface area contributed by atoms with Crippen LogP contribution < -0.4 is 5.73 Å². The van der Waals surface area contributed by atoms with Gasteiger partial charge in [0.1, 0.15) is 0 Å². The van der Waals surface area contributed by atoms with Gasteiger partial charge in [0.2, 0.25) is 0 Å². The van der Waals surface area contributed by atoms with E-state index >= 15 is 0 Å². The second kappa shape index (κ2) is 6.74. The first-order chi connectivity index (χ1) is 9.54. The van der Waals surface area contributed by atoms with E-state index in [4.69, 9.17) is 18.0 Å². The second-order valence-electron chi connectivity index (χ2n) is 4.68. The third kappa shape index (κ3) is 4.67. The van der Waals surface area contributed by atoms with Crippen molar-refractivity contribution in [2.24, 2.45) is 11.7 Å². The van der Waals surface area contributed by atoms with E-state index in [9.17, 15) is 18.0 Å². The van der Waals surface area contributed by atoms with Gasteiger partial charge in [-0.15, -0.1) is 0 Å². The van der Waals surface area contributed by atoms with E-state index in [-0.39, 0.29) is 21.9 Å². The average molecular weight is 383 g/mol. The number of carbonyl (C=O) groups is 1. The Labute approximate surface area is 134 Å². The monoisotopic (exact) mass is 382 g/mol. The molecule has 0 aromatic heterocycles. The Morgan fingerprint density at radius 3 is 2.52 bits per heavy atom. The molecule has 0 aliphatic rings. The van der Waals surface area contributed by atoms with Crippen LogP contribution in [0.4, 0.5) is 13.2 Å². The summed E-state index contributed by atoms with van der Waals surface area (Å²) in [6.07, 6.45) is -4.61. The predicted octanol–water partition coefficient (Wildman–Crippen LogP) is 3.46. The highest BCUT2D eigenvalue weighted by atomic mass is 79.9. The zero-order chi connectivity index (χ0) is 16.4. The van der Waals surface area contributed by atoms with Crippen LogP contribution in [0.15, 0.2) is 22.7 Å². The first-order valence-electron chi connectivity index (χ1n) is 5.95. The smallest absolute Gasteiger partial charge is 0.393 e. The lowest BCUT2D eigenvalue weighted by molar-refractivity contribution is -0.138. The maximum Gasteiger partial charge on any atom is 0.417 e. The van der Waals surface area contributed by atoms with Gasteiger partial charge in [0.25, 0.3) is 5.91 Å². The molecule has 1 rings (SSSR count). The lowest BCUT2D eigenvalue weighted by atomic mass is 10.1. The highest BCUT2D eigenvalue weighted by Gasteiger charge is 2.36. The van der Waals surface area contributed by atoms with E-state index in [2.05, 4.69) is 15.9 Å². The number of benzene rings is 1. The first kappa shape index (κ1) is 17.9. The second-order valence-corrected chi connectivity index (χ2v) is 6.06. The SMILES string of the molecule is CC(CN(C)C(=O)c1ccc(Br)cc1C(F)(F)F)C(N)=S. The van der Waals surface area contributed by atoms with Crippen molar-refractivity contribution in [2.45, 2.75) is 13.1 Å². The van der Waals surface area contributed by atoms with Crippen LogP contribution in [0.2, 0.25) is 0 Å². The Morgan fingerprint density at radius 1 is 1.48 bits per heavy atom. The average Bonchev–Trinajstić information content (AvgIpc) is 2.36. The van der Waals surface area contributed by atoms with Crippen molar-refractivity contribution in [1.82, 2.24) is 4.90 Å². The van der Waals surface area contributed by atoms with Gasteiger partial charge in [0.05, 0.1) is 16.1 Å². The van der Waals surface area contributed by atoms with Crippen LogP contribution in [-0.4, -0.2) is 29.4 Å². The minimum Gasteiger partial charge on any atom is -0.393 e. The van der Waals surface area contributed by atoms with E-state index in [1.54, 1.807) is 6.92 Å². The third-order valence-electron chi connectivity index (χ3n) is 2.90. The van der Waals surface area contributed by atoms with Gasteiger partial charge in [-0.1, -0.05) is 35.1 Å².